The van der Waals surface area contributed by atoms with Gasteiger partial charge in [-0.15, -0.1) is 0 Å². The lowest BCUT2D eigenvalue weighted by Crippen LogP contribution is -2.17. The Morgan fingerprint density at radius 2 is 1.52 bits per heavy atom. The largest absolute Gasteiger partial charge is 0.425 e. The van der Waals surface area contributed by atoms with Crippen LogP contribution >= 0.6 is 8.69 Å². The number of aryl methyl sites for hydroxylation is 2. The Morgan fingerprint density at radius 1 is 0.931 bits per heavy atom. The van der Waals surface area contributed by atoms with Gasteiger partial charge >= 0.3 is 14.7 Å². The third-order valence-electron chi connectivity index (χ3n) is 5.49. The Balaban J connectivity index is 2.24. The fourth-order valence-electron chi connectivity index (χ4n) is 3.90. The predicted molar refractivity (Wildman–Crippen MR) is 115 cm³/mol. The molecule has 1 atom stereocenters. The molecule has 2 aromatic carbocycles. The minimum atomic E-state index is -0.482. The minimum absolute atomic E-state index is 0.0536. The van der Waals surface area contributed by atoms with Gasteiger partial charge < -0.3 is 9.26 Å². The van der Waals surface area contributed by atoms with Crippen molar-refractivity contribution in [1.29, 1.82) is 0 Å². The molecular weight excluding hydrogens is 383 g/mol. The van der Waals surface area contributed by atoms with Crippen molar-refractivity contribution in [2.75, 3.05) is 0 Å². The Hall–Kier alpha value is -2.19. The fraction of sp³-hybridized carbons (Fsp3) is 0.458. The summed E-state index contributed by atoms with van der Waals surface area (Å²) in [5, 5.41) is 0. The van der Waals surface area contributed by atoms with Crippen molar-refractivity contribution in [2.24, 2.45) is 0 Å². The second kappa shape index (κ2) is 7.25. The summed E-state index contributed by atoms with van der Waals surface area (Å²) in [6, 6.07) is 8.14. The van der Waals surface area contributed by atoms with Crippen LogP contribution in [0.3, 0.4) is 0 Å². The molecule has 4 nitrogen and oxygen atoms in total. The Bertz CT molecular complexity index is 970. The van der Waals surface area contributed by atoms with E-state index < -0.39 is 14.6 Å². The molecule has 0 spiro atoms. The number of hydrogen-bond donors (Lipinski definition) is 0. The van der Waals surface area contributed by atoms with Crippen LogP contribution in [0.4, 0.5) is 0 Å². The number of esters is 1. The maximum absolute atomic E-state index is 13.0. The molecule has 1 heterocycles. The highest BCUT2D eigenvalue weighted by Gasteiger charge is 2.39. The zero-order valence-electron chi connectivity index (χ0n) is 18.5. The van der Waals surface area contributed by atoms with Gasteiger partial charge in [-0.25, -0.2) is 4.57 Å². The summed E-state index contributed by atoms with van der Waals surface area (Å²) >= 11 is 0. The molecule has 0 N–H and O–H groups in total. The third kappa shape index (κ3) is 3.96. The second-order valence-corrected chi connectivity index (χ2v) is 10.3. The van der Waals surface area contributed by atoms with E-state index in [9.17, 15) is 9.36 Å². The van der Waals surface area contributed by atoms with Gasteiger partial charge in [-0.1, -0.05) is 65.8 Å². The molecule has 154 valence electrons. The summed E-state index contributed by atoms with van der Waals surface area (Å²) < 4.78 is 21.9. The van der Waals surface area contributed by atoms with E-state index in [1.807, 2.05) is 26.0 Å². The molecular formula is C24H29O4P. The highest BCUT2D eigenvalue weighted by atomic mass is 31.1. The van der Waals surface area contributed by atoms with Gasteiger partial charge in [0.05, 0.1) is 0 Å². The molecule has 0 radical (unpaired) electrons. The quantitative estimate of drug-likeness (QED) is 0.326. The van der Waals surface area contributed by atoms with E-state index in [0.29, 0.717) is 11.5 Å². The smallest absolute Gasteiger partial charge is 0.395 e. The first kappa shape index (κ1) is 21.5. The molecule has 0 bridgehead atoms. The number of hydrogen-bond acceptors (Lipinski definition) is 4. The molecule has 0 saturated heterocycles. The highest BCUT2D eigenvalue weighted by molar-refractivity contribution is 7.17. The predicted octanol–water partition coefficient (Wildman–Crippen LogP) is 6.53. The van der Waals surface area contributed by atoms with Crippen molar-refractivity contribution in [2.45, 2.75) is 72.1 Å². The van der Waals surface area contributed by atoms with E-state index in [4.69, 9.17) is 9.26 Å². The van der Waals surface area contributed by atoms with E-state index in [2.05, 4.69) is 53.7 Å². The average molecular weight is 412 g/mol. The van der Waals surface area contributed by atoms with Crippen molar-refractivity contribution in [3.63, 3.8) is 0 Å². The van der Waals surface area contributed by atoms with Crippen LogP contribution < -0.4 is 9.26 Å². The summed E-state index contributed by atoms with van der Waals surface area (Å²) in [7, 11) is -0.391. The average Bonchev–Trinajstić information content (AvgIpc) is 2.91. The van der Waals surface area contributed by atoms with Gasteiger partial charge in [0.25, 0.3) is 0 Å². The molecule has 2 aromatic rings. The van der Waals surface area contributed by atoms with Gasteiger partial charge in [0.2, 0.25) is 0 Å². The van der Waals surface area contributed by atoms with Crippen LogP contribution in [0.15, 0.2) is 24.3 Å². The molecule has 1 unspecified atom stereocenters. The maximum Gasteiger partial charge on any atom is 0.395 e. The van der Waals surface area contributed by atoms with E-state index in [0.717, 1.165) is 27.8 Å². The zero-order chi connectivity index (χ0) is 21.7. The Morgan fingerprint density at radius 3 is 2.00 bits per heavy atom. The first-order valence-corrected chi connectivity index (χ1v) is 10.6. The van der Waals surface area contributed by atoms with Crippen molar-refractivity contribution < 1.29 is 18.6 Å². The summed E-state index contributed by atoms with van der Waals surface area (Å²) in [4.78, 5) is 13.0. The molecule has 1 aliphatic rings. The molecule has 29 heavy (non-hydrogen) atoms. The normalized spacial score (nSPS) is 16.7. The highest BCUT2D eigenvalue weighted by Crippen LogP contribution is 2.48. The third-order valence-corrected chi connectivity index (χ3v) is 5.74. The lowest BCUT2D eigenvalue weighted by Gasteiger charge is -2.27. The fourth-order valence-corrected chi connectivity index (χ4v) is 4.27. The molecule has 0 aromatic heterocycles. The summed E-state index contributed by atoms with van der Waals surface area (Å²) in [5.41, 5.74) is 5.49. The summed E-state index contributed by atoms with van der Waals surface area (Å²) in [6.07, 6.45) is 0. The van der Waals surface area contributed by atoms with Crippen LogP contribution in [0.2, 0.25) is 0 Å². The molecule has 5 heteroatoms. The molecule has 1 aliphatic heterocycles. The van der Waals surface area contributed by atoms with Gasteiger partial charge in [-0.3, -0.25) is 4.79 Å². The van der Waals surface area contributed by atoms with Crippen molar-refractivity contribution in [3.05, 3.63) is 57.6 Å². The minimum Gasteiger partial charge on any atom is -0.425 e. The van der Waals surface area contributed by atoms with Crippen molar-refractivity contribution >= 4 is 14.7 Å². The number of fused-ring (bicyclic) bond motifs is 1. The van der Waals surface area contributed by atoms with E-state index in [1.165, 1.54) is 5.56 Å². The molecule has 3 rings (SSSR count). The van der Waals surface area contributed by atoms with Crippen LogP contribution in [-0.4, -0.2) is 5.97 Å². The second-order valence-electron chi connectivity index (χ2n) is 9.95. The van der Waals surface area contributed by atoms with Gasteiger partial charge in [0.15, 0.2) is 0 Å². The molecule has 0 saturated carbocycles. The zero-order valence-corrected chi connectivity index (χ0v) is 19.4. The Kier molecular flexibility index (Phi) is 5.38. The van der Waals surface area contributed by atoms with Gasteiger partial charge in [0.1, 0.15) is 17.4 Å². The van der Waals surface area contributed by atoms with Crippen LogP contribution in [-0.2, 0) is 20.2 Å². The van der Waals surface area contributed by atoms with E-state index in [1.54, 1.807) is 0 Å². The van der Waals surface area contributed by atoms with E-state index >= 15 is 0 Å². The number of carbonyl (C=O) groups is 1. The number of ether oxygens (including phenoxy) is 1. The molecule has 0 amide bonds. The standard InChI is InChI=1S/C24H29O4P/c1-13-9-15(10-14(2)20(13)28-29-26)19-17-11-16(23(3,4)5)12-18(24(6,7)8)21(17)27-22(19)25/h9-12,19H,1-8H3. The number of benzene rings is 2. The Labute approximate surface area is 174 Å². The first-order chi connectivity index (χ1) is 13.3. The van der Waals surface area contributed by atoms with Crippen molar-refractivity contribution in [1.82, 2.24) is 0 Å². The summed E-state index contributed by atoms with van der Waals surface area (Å²) in [6.45, 7) is 16.7. The van der Waals surface area contributed by atoms with Crippen LogP contribution in [0.25, 0.3) is 0 Å². The number of carbonyl (C=O) groups excluding carboxylic acids is 1. The maximum atomic E-state index is 13.0. The van der Waals surface area contributed by atoms with E-state index in [-0.39, 0.29) is 16.8 Å². The van der Waals surface area contributed by atoms with Crippen molar-refractivity contribution in [3.8, 4) is 11.5 Å². The molecule has 0 aliphatic carbocycles. The van der Waals surface area contributed by atoms with Crippen LogP contribution in [0.5, 0.6) is 11.5 Å². The first-order valence-electron chi connectivity index (χ1n) is 9.86. The lowest BCUT2D eigenvalue weighted by molar-refractivity contribution is -0.133. The SMILES string of the molecule is Cc1cc(C2C(=O)Oc3c2cc(C(C)(C)C)cc3C(C)(C)C)cc(C)c1OP=O. The topological polar surface area (TPSA) is 52.6 Å². The van der Waals surface area contributed by atoms with Crippen LogP contribution in [0, 0.1) is 13.8 Å². The van der Waals surface area contributed by atoms with Gasteiger partial charge in [-0.05, 0) is 46.9 Å². The summed E-state index contributed by atoms with van der Waals surface area (Å²) in [5.74, 6) is 0.528. The van der Waals surface area contributed by atoms with Gasteiger partial charge in [-0.2, -0.15) is 0 Å². The monoisotopic (exact) mass is 412 g/mol. The lowest BCUT2D eigenvalue weighted by atomic mass is 9.77. The van der Waals surface area contributed by atoms with Crippen LogP contribution in [0.1, 0.15) is 80.8 Å². The molecule has 0 fully saturated rings. The van der Waals surface area contributed by atoms with Gasteiger partial charge in [0, 0.05) is 11.1 Å². The number of rotatable bonds is 3.